The van der Waals surface area contributed by atoms with Gasteiger partial charge in [-0.2, -0.15) is 17.0 Å². The van der Waals surface area contributed by atoms with Crippen LogP contribution < -0.4 is 5.32 Å². The van der Waals surface area contributed by atoms with E-state index in [2.05, 4.69) is 5.32 Å². The van der Waals surface area contributed by atoms with Crippen molar-refractivity contribution < 1.29 is 17.9 Å². The molecule has 0 aromatic carbocycles. The van der Waals surface area contributed by atoms with Gasteiger partial charge >= 0.3 is 0 Å². The first-order valence-electron chi connectivity index (χ1n) is 8.44. The average molecular weight is 383 g/mol. The standard InChI is InChI=1S/C14H26N4O4S.ClH/c19-14(13-3-1-2-4-15-13)16-5-7-17(8-6-16)23(20,21)18-9-11-22-12-10-18;/h13,15H,1-12H2;1H. The second-order valence-corrected chi connectivity index (χ2v) is 8.17. The Morgan fingerprint density at radius 1 is 0.958 bits per heavy atom. The van der Waals surface area contributed by atoms with E-state index in [4.69, 9.17) is 4.74 Å². The molecule has 3 saturated heterocycles. The number of nitrogens with one attached hydrogen (secondary N) is 1. The molecule has 1 atom stereocenters. The van der Waals surface area contributed by atoms with Gasteiger partial charge in [0.2, 0.25) is 5.91 Å². The summed E-state index contributed by atoms with van der Waals surface area (Å²) in [6, 6.07) is -0.0915. The smallest absolute Gasteiger partial charge is 0.282 e. The van der Waals surface area contributed by atoms with Crippen molar-refractivity contribution in [1.29, 1.82) is 0 Å². The van der Waals surface area contributed by atoms with Crippen LogP contribution in [0.15, 0.2) is 0 Å². The zero-order chi connectivity index (χ0) is 16.3. The minimum Gasteiger partial charge on any atom is -0.379 e. The highest BCUT2D eigenvalue weighted by Gasteiger charge is 2.35. The molecule has 3 rings (SSSR count). The molecule has 0 saturated carbocycles. The number of carbonyl (C=O) groups is 1. The van der Waals surface area contributed by atoms with E-state index >= 15 is 0 Å². The molecule has 24 heavy (non-hydrogen) atoms. The van der Waals surface area contributed by atoms with Gasteiger partial charge in [0.1, 0.15) is 0 Å². The lowest BCUT2D eigenvalue weighted by Crippen LogP contribution is -2.58. The topological polar surface area (TPSA) is 82.2 Å². The maximum absolute atomic E-state index is 12.6. The second-order valence-electron chi connectivity index (χ2n) is 6.25. The van der Waals surface area contributed by atoms with Crippen LogP contribution in [0.1, 0.15) is 19.3 Å². The summed E-state index contributed by atoms with van der Waals surface area (Å²) in [7, 11) is -3.43. The highest BCUT2D eigenvalue weighted by atomic mass is 35.5. The van der Waals surface area contributed by atoms with Crippen LogP contribution in [0, 0.1) is 0 Å². The molecular formula is C14H27ClN4O4S. The van der Waals surface area contributed by atoms with E-state index in [-0.39, 0.29) is 24.4 Å². The number of carbonyl (C=O) groups excluding carboxylic acids is 1. The van der Waals surface area contributed by atoms with Crippen LogP contribution in [-0.2, 0) is 19.7 Å². The Balaban J connectivity index is 0.00000208. The van der Waals surface area contributed by atoms with Gasteiger partial charge < -0.3 is 15.0 Å². The Labute approximate surface area is 150 Å². The Kier molecular flexibility index (Phi) is 7.26. The summed E-state index contributed by atoms with van der Waals surface area (Å²) in [6.07, 6.45) is 3.08. The van der Waals surface area contributed by atoms with Crippen molar-refractivity contribution in [2.45, 2.75) is 25.3 Å². The van der Waals surface area contributed by atoms with Crippen LogP contribution in [0.2, 0.25) is 0 Å². The van der Waals surface area contributed by atoms with Gasteiger partial charge in [-0.25, -0.2) is 0 Å². The SMILES string of the molecule is Cl.O=C(C1CCCCN1)N1CCN(S(=O)(=O)N2CCOCC2)CC1. The van der Waals surface area contributed by atoms with Crippen molar-refractivity contribution in [1.82, 2.24) is 18.8 Å². The van der Waals surface area contributed by atoms with Crippen LogP contribution in [0.25, 0.3) is 0 Å². The summed E-state index contributed by atoms with van der Waals surface area (Å²) in [5.74, 6) is 0.119. The molecule has 3 heterocycles. The van der Waals surface area contributed by atoms with Crippen molar-refractivity contribution in [2.75, 3.05) is 59.0 Å². The Bertz CT molecular complexity index is 513. The number of ether oxygens (including phenoxy) is 1. The molecule has 3 fully saturated rings. The third kappa shape index (κ3) is 4.39. The number of morpholine rings is 1. The van der Waals surface area contributed by atoms with Crippen LogP contribution in [-0.4, -0.2) is 92.9 Å². The predicted molar refractivity (Wildman–Crippen MR) is 92.4 cm³/mol. The number of rotatable bonds is 3. The fourth-order valence-electron chi connectivity index (χ4n) is 3.36. The zero-order valence-electron chi connectivity index (χ0n) is 13.9. The number of hydrogen-bond acceptors (Lipinski definition) is 5. The van der Waals surface area contributed by atoms with Gasteiger partial charge in [-0.1, -0.05) is 6.42 Å². The third-order valence-electron chi connectivity index (χ3n) is 4.78. The van der Waals surface area contributed by atoms with Gasteiger partial charge in [-0.05, 0) is 19.4 Å². The molecule has 10 heteroatoms. The van der Waals surface area contributed by atoms with Crippen molar-refractivity contribution in [2.24, 2.45) is 0 Å². The van der Waals surface area contributed by atoms with Crippen molar-refractivity contribution in [3.8, 4) is 0 Å². The minimum absolute atomic E-state index is 0. The Morgan fingerprint density at radius 2 is 1.58 bits per heavy atom. The van der Waals surface area contributed by atoms with Crippen LogP contribution in [0.4, 0.5) is 0 Å². The molecule has 1 amide bonds. The average Bonchev–Trinajstić information content (AvgIpc) is 2.63. The first kappa shape index (κ1) is 19.9. The Hall–Kier alpha value is -0.450. The molecule has 0 radical (unpaired) electrons. The van der Waals surface area contributed by atoms with Gasteiger partial charge in [0.25, 0.3) is 10.2 Å². The molecule has 0 aromatic rings. The molecule has 1 N–H and O–H groups in total. The number of piperidine rings is 1. The molecule has 0 bridgehead atoms. The summed E-state index contributed by atoms with van der Waals surface area (Å²) in [4.78, 5) is 14.3. The highest BCUT2D eigenvalue weighted by molar-refractivity contribution is 7.86. The van der Waals surface area contributed by atoms with Crippen molar-refractivity contribution >= 4 is 28.5 Å². The second kappa shape index (κ2) is 8.77. The molecule has 0 aromatic heterocycles. The summed E-state index contributed by atoms with van der Waals surface area (Å²) in [6.45, 7) is 4.30. The molecular weight excluding hydrogens is 356 g/mol. The summed E-state index contributed by atoms with van der Waals surface area (Å²) < 4.78 is 33.4. The van der Waals surface area contributed by atoms with Gasteiger partial charge in [0, 0.05) is 39.3 Å². The van der Waals surface area contributed by atoms with Gasteiger partial charge in [-0.3, -0.25) is 4.79 Å². The maximum atomic E-state index is 12.6. The highest BCUT2D eigenvalue weighted by Crippen LogP contribution is 2.16. The molecule has 3 aliphatic heterocycles. The van der Waals surface area contributed by atoms with E-state index in [0.717, 1.165) is 25.8 Å². The van der Waals surface area contributed by atoms with E-state index in [1.165, 1.54) is 8.61 Å². The predicted octanol–water partition coefficient (Wildman–Crippen LogP) is -0.728. The number of nitrogens with zero attached hydrogens (tertiary/aromatic N) is 3. The van der Waals surface area contributed by atoms with Crippen molar-refractivity contribution in [3.63, 3.8) is 0 Å². The molecule has 0 aliphatic carbocycles. The lowest BCUT2D eigenvalue weighted by atomic mass is 10.0. The van der Waals surface area contributed by atoms with Crippen molar-refractivity contribution in [3.05, 3.63) is 0 Å². The third-order valence-corrected chi connectivity index (χ3v) is 6.82. The molecule has 0 spiro atoms. The first-order valence-corrected chi connectivity index (χ1v) is 9.84. The normalized spacial score (nSPS) is 27.5. The van der Waals surface area contributed by atoms with E-state index in [9.17, 15) is 13.2 Å². The van der Waals surface area contributed by atoms with Gasteiger partial charge in [0.05, 0.1) is 19.3 Å². The molecule has 8 nitrogen and oxygen atoms in total. The minimum atomic E-state index is -3.43. The van der Waals surface area contributed by atoms with Crippen LogP contribution >= 0.6 is 12.4 Å². The molecule has 3 aliphatic rings. The van der Waals surface area contributed by atoms with Crippen LogP contribution in [0.3, 0.4) is 0 Å². The molecule has 140 valence electrons. The first-order chi connectivity index (χ1) is 11.1. The van der Waals surface area contributed by atoms with E-state index in [0.29, 0.717) is 52.5 Å². The van der Waals surface area contributed by atoms with E-state index in [1.807, 2.05) is 0 Å². The number of hydrogen-bond donors (Lipinski definition) is 1. The largest absolute Gasteiger partial charge is 0.379 e. The lowest BCUT2D eigenvalue weighted by molar-refractivity contribution is -0.135. The quantitative estimate of drug-likeness (QED) is 0.696. The number of piperazine rings is 1. The van der Waals surface area contributed by atoms with E-state index < -0.39 is 10.2 Å². The summed E-state index contributed by atoms with van der Waals surface area (Å²) in [5.41, 5.74) is 0. The Morgan fingerprint density at radius 3 is 2.17 bits per heavy atom. The fraction of sp³-hybridized carbons (Fsp3) is 0.929. The summed E-state index contributed by atoms with van der Waals surface area (Å²) in [5, 5.41) is 3.26. The maximum Gasteiger partial charge on any atom is 0.282 e. The summed E-state index contributed by atoms with van der Waals surface area (Å²) >= 11 is 0. The van der Waals surface area contributed by atoms with Gasteiger partial charge in [0.15, 0.2) is 0 Å². The monoisotopic (exact) mass is 382 g/mol. The fourth-order valence-corrected chi connectivity index (χ4v) is 4.92. The lowest BCUT2D eigenvalue weighted by Gasteiger charge is -2.39. The van der Waals surface area contributed by atoms with Gasteiger partial charge in [-0.15, -0.1) is 12.4 Å². The molecule has 1 unspecified atom stereocenters. The zero-order valence-corrected chi connectivity index (χ0v) is 15.5. The van der Waals surface area contributed by atoms with Crippen LogP contribution in [0.5, 0.6) is 0 Å². The number of amides is 1. The van der Waals surface area contributed by atoms with E-state index in [1.54, 1.807) is 4.90 Å². The number of halogens is 1.